The number of aromatic nitrogens is 3. The Bertz CT molecular complexity index is 1270. The molecule has 0 aliphatic carbocycles. The number of carbonyl (C=O) groups excluding carboxylic acids is 1. The van der Waals surface area contributed by atoms with Gasteiger partial charge in [-0.1, -0.05) is 62.8 Å². The van der Waals surface area contributed by atoms with Crippen LogP contribution in [0, 0.1) is 6.92 Å². The van der Waals surface area contributed by atoms with Crippen LogP contribution in [-0.2, 0) is 12.1 Å². The fraction of sp³-hybridized carbons (Fsp3) is 0.485. The van der Waals surface area contributed by atoms with Crippen molar-refractivity contribution in [1.29, 1.82) is 0 Å². The van der Waals surface area contributed by atoms with Crippen LogP contribution in [0.15, 0.2) is 60.5 Å². The zero-order valence-electron chi connectivity index (χ0n) is 26.9. The van der Waals surface area contributed by atoms with E-state index in [1.54, 1.807) is 6.92 Å². The minimum atomic E-state index is -2.89. The van der Waals surface area contributed by atoms with Crippen molar-refractivity contribution in [2.45, 2.75) is 86.3 Å². The van der Waals surface area contributed by atoms with E-state index in [1.165, 1.54) is 29.9 Å². The fourth-order valence-corrected chi connectivity index (χ4v) is 4.19. The number of pyridine rings is 1. The number of alkyl halides is 2. The largest absolute Gasteiger partial charge is 0.437 e. The van der Waals surface area contributed by atoms with Gasteiger partial charge in [0.1, 0.15) is 0 Å². The van der Waals surface area contributed by atoms with Crippen LogP contribution in [0.1, 0.15) is 94.4 Å². The molecule has 0 saturated carbocycles. The molecule has 10 heteroatoms. The molecule has 0 radical (unpaired) electrons. The highest BCUT2D eigenvalue weighted by Crippen LogP contribution is 2.37. The second-order valence-electron chi connectivity index (χ2n) is 10.8. The summed E-state index contributed by atoms with van der Waals surface area (Å²) in [6.07, 6.45) is 14.5. The maximum atomic E-state index is 13.8. The lowest BCUT2D eigenvalue weighted by Crippen LogP contribution is -2.28. The van der Waals surface area contributed by atoms with Gasteiger partial charge >= 0.3 is 0 Å². The smallest absolute Gasteiger partial charge is 0.272 e. The van der Waals surface area contributed by atoms with Crippen molar-refractivity contribution in [2.75, 3.05) is 19.4 Å². The highest BCUT2D eigenvalue weighted by Gasteiger charge is 2.29. The number of amides is 1. The van der Waals surface area contributed by atoms with Crippen LogP contribution in [0.2, 0.25) is 0 Å². The van der Waals surface area contributed by atoms with E-state index in [0.29, 0.717) is 11.1 Å². The summed E-state index contributed by atoms with van der Waals surface area (Å²) in [5.41, 5.74) is 1.25. The lowest BCUT2D eigenvalue weighted by Gasteiger charge is -2.23. The summed E-state index contributed by atoms with van der Waals surface area (Å²) in [4.78, 5) is 16.9. The summed E-state index contributed by atoms with van der Waals surface area (Å²) in [6.45, 7) is 19.2. The molecule has 2 aromatic heterocycles. The summed E-state index contributed by atoms with van der Waals surface area (Å²) < 4.78 is 34.9. The van der Waals surface area contributed by atoms with E-state index in [4.69, 9.17) is 4.74 Å². The molecule has 2 rings (SSSR count). The molecular weight excluding hydrogens is 569 g/mol. The minimum absolute atomic E-state index is 0.0364. The summed E-state index contributed by atoms with van der Waals surface area (Å²) in [6, 6.07) is 0. The maximum Gasteiger partial charge on any atom is 0.272 e. The molecular formula is C33H49F2N4O3P. The topological polar surface area (TPSA) is 89.3 Å². The molecule has 1 amide bonds. The number of allylic oxidation sites excluding steroid dienone is 5. The second-order valence-corrected chi connectivity index (χ2v) is 12.0. The second kappa shape index (κ2) is 19.2. The van der Waals surface area contributed by atoms with Crippen molar-refractivity contribution in [3.63, 3.8) is 0 Å². The number of aliphatic hydroxyl groups is 1. The number of carbonyl (C=O) groups is 1. The van der Waals surface area contributed by atoms with Gasteiger partial charge in [-0.25, -0.2) is 13.5 Å². The molecule has 0 aliphatic rings. The lowest BCUT2D eigenvalue weighted by molar-refractivity contribution is 0.0950. The van der Waals surface area contributed by atoms with Crippen LogP contribution >= 0.6 is 8.58 Å². The monoisotopic (exact) mass is 618 g/mol. The van der Waals surface area contributed by atoms with Gasteiger partial charge in [-0.15, -0.1) is 8.58 Å². The minimum Gasteiger partial charge on any atom is -0.437 e. The molecule has 238 valence electrons. The van der Waals surface area contributed by atoms with Gasteiger partial charge in [0.15, 0.2) is 11.4 Å². The molecule has 1 unspecified atom stereocenters. The fourth-order valence-electron chi connectivity index (χ4n) is 3.79. The SMILES string of the molecule is C=C(/C=C\C(=C/C)CC)CNC(=O)c1nn(C(C)(C)C)c(Oc2cncc(CO)c2C(F)F)c1C.CCC/C=C/CPC. The Morgan fingerprint density at radius 3 is 2.47 bits per heavy atom. The summed E-state index contributed by atoms with van der Waals surface area (Å²) >= 11 is 0. The third-order valence-electron chi connectivity index (χ3n) is 6.28. The number of aliphatic hydroxyl groups excluding tert-OH is 1. The number of unbranched alkanes of at least 4 members (excludes halogenated alkanes) is 1. The molecule has 0 fully saturated rings. The molecule has 2 heterocycles. The van der Waals surface area contributed by atoms with Gasteiger partial charge in [0.2, 0.25) is 5.88 Å². The van der Waals surface area contributed by atoms with Crippen LogP contribution in [0.25, 0.3) is 0 Å². The Hall–Kier alpha value is -3.16. The van der Waals surface area contributed by atoms with Crippen LogP contribution in [0.3, 0.4) is 0 Å². The number of ether oxygens (including phenoxy) is 1. The normalized spacial score (nSPS) is 12.4. The quantitative estimate of drug-likeness (QED) is 0.126. The van der Waals surface area contributed by atoms with Crippen molar-refractivity contribution in [2.24, 2.45) is 0 Å². The van der Waals surface area contributed by atoms with Crippen molar-refractivity contribution >= 4 is 14.5 Å². The molecule has 0 aliphatic heterocycles. The van der Waals surface area contributed by atoms with E-state index >= 15 is 0 Å². The van der Waals surface area contributed by atoms with Crippen molar-refractivity contribution in [3.8, 4) is 11.6 Å². The first-order chi connectivity index (χ1) is 20.4. The number of nitrogens with one attached hydrogen (secondary N) is 1. The van der Waals surface area contributed by atoms with Crippen molar-refractivity contribution < 1.29 is 23.4 Å². The first-order valence-electron chi connectivity index (χ1n) is 14.6. The third kappa shape index (κ3) is 12.2. The molecule has 2 aromatic rings. The average molecular weight is 619 g/mol. The predicted molar refractivity (Wildman–Crippen MR) is 175 cm³/mol. The van der Waals surface area contributed by atoms with Crippen LogP contribution in [0.5, 0.6) is 11.6 Å². The molecule has 0 spiro atoms. The van der Waals surface area contributed by atoms with Crippen LogP contribution in [0.4, 0.5) is 8.78 Å². The van der Waals surface area contributed by atoms with E-state index < -0.39 is 30.0 Å². The first-order valence-corrected chi connectivity index (χ1v) is 16.3. The number of halogens is 2. The molecule has 43 heavy (non-hydrogen) atoms. The van der Waals surface area contributed by atoms with Crippen LogP contribution < -0.4 is 10.1 Å². The van der Waals surface area contributed by atoms with E-state index in [0.717, 1.165) is 26.8 Å². The highest BCUT2D eigenvalue weighted by atomic mass is 31.1. The first kappa shape index (κ1) is 37.9. The number of hydrogen-bond donors (Lipinski definition) is 2. The van der Waals surface area contributed by atoms with Gasteiger partial charge in [-0.3, -0.25) is 9.78 Å². The Morgan fingerprint density at radius 2 is 1.93 bits per heavy atom. The summed E-state index contributed by atoms with van der Waals surface area (Å²) in [5, 5.41) is 16.7. The molecule has 7 nitrogen and oxygen atoms in total. The lowest BCUT2D eigenvalue weighted by atomic mass is 10.1. The van der Waals surface area contributed by atoms with E-state index in [9.17, 15) is 18.7 Å². The van der Waals surface area contributed by atoms with E-state index in [2.05, 4.69) is 54.6 Å². The van der Waals surface area contributed by atoms with Gasteiger partial charge in [0.05, 0.1) is 23.9 Å². The average Bonchev–Trinajstić information content (AvgIpc) is 3.30. The number of hydrogen-bond acceptors (Lipinski definition) is 5. The van der Waals surface area contributed by atoms with E-state index in [-0.39, 0.29) is 29.4 Å². The molecule has 0 aromatic carbocycles. The number of nitrogens with zero attached hydrogens (tertiary/aromatic N) is 3. The summed E-state index contributed by atoms with van der Waals surface area (Å²) in [5.74, 6) is -0.509. The van der Waals surface area contributed by atoms with Crippen LogP contribution in [-0.4, -0.2) is 45.1 Å². The van der Waals surface area contributed by atoms with Crippen molar-refractivity contribution in [1.82, 2.24) is 20.1 Å². The van der Waals surface area contributed by atoms with Gasteiger partial charge in [-0.05, 0) is 65.9 Å². The number of rotatable bonds is 14. The zero-order chi connectivity index (χ0) is 32.6. The Kier molecular flexibility index (Phi) is 16.9. The third-order valence-corrected chi connectivity index (χ3v) is 6.92. The van der Waals surface area contributed by atoms with Crippen molar-refractivity contribution in [3.05, 3.63) is 82.9 Å². The Labute approximate surface area is 258 Å². The van der Waals surface area contributed by atoms with Gasteiger partial charge < -0.3 is 15.2 Å². The molecule has 1 atom stereocenters. The molecule has 0 bridgehead atoms. The van der Waals surface area contributed by atoms with Gasteiger partial charge in [-0.2, -0.15) is 5.10 Å². The highest BCUT2D eigenvalue weighted by molar-refractivity contribution is 7.37. The standard InChI is InChI=1S/C26H34F2N4O3.C7H15P/c1-8-18(9-2)11-10-16(3)12-30-24(34)22-17(4)25(32(31-22)26(5,6)7)35-20-14-29-13-19(15-33)21(20)23(27)28;1-3-4-5-6-7-8-2/h8,10-11,13-14,23,33H,3,9,12,15H2,1-2,4-7H3,(H,30,34);5-6,8H,3-4,7H2,1-2H3/b11-10-,18-8-;6-5+. The Balaban J connectivity index is 0.00000101. The zero-order valence-corrected chi connectivity index (χ0v) is 27.9. The van der Waals surface area contributed by atoms with Gasteiger partial charge in [0.25, 0.3) is 12.3 Å². The maximum absolute atomic E-state index is 13.8. The summed E-state index contributed by atoms with van der Waals surface area (Å²) in [7, 11) is 1.08. The Morgan fingerprint density at radius 1 is 1.23 bits per heavy atom. The van der Waals surface area contributed by atoms with E-state index in [1.807, 2.05) is 45.9 Å². The molecule has 2 N–H and O–H groups in total. The predicted octanol–water partition coefficient (Wildman–Crippen LogP) is 8.41. The van der Waals surface area contributed by atoms with Gasteiger partial charge in [0, 0.05) is 23.9 Å². The molecule has 0 saturated heterocycles.